The third-order valence-electron chi connectivity index (χ3n) is 4.83. The number of carbonyl (C=O) groups is 3. The molecule has 3 amide bonds. The summed E-state index contributed by atoms with van der Waals surface area (Å²) in [5, 5.41) is 1.83. The molecule has 0 radical (unpaired) electrons. The van der Waals surface area contributed by atoms with Crippen LogP contribution in [0.4, 0.5) is 0 Å². The maximum atomic E-state index is 12.5. The first kappa shape index (κ1) is 13.6. The van der Waals surface area contributed by atoms with Crippen LogP contribution in [-0.4, -0.2) is 33.7 Å². The molecule has 2 heterocycles. The van der Waals surface area contributed by atoms with Crippen LogP contribution in [0.3, 0.4) is 0 Å². The normalized spacial score (nSPS) is 33.1. The van der Waals surface area contributed by atoms with E-state index in [4.69, 9.17) is 0 Å². The number of hydrogen-bond acceptors (Lipinski definition) is 4. The topological polar surface area (TPSA) is 71.7 Å². The molecule has 3 aliphatic rings. The summed E-state index contributed by atoms with van der Waals surface area (Å²) < 4.78 is 1.73. The Hall–Kier alpha value is -2.02. The van der Waals surface area contributed by atoms with Crippen molar-refractivity contribution in [2.45, 2.75) is 6.42 Å². The minimum Gasteiger partial charge on any atom is -0.327 e. The van der Waals surface area contributed by atoms with Crippen LogP contribution < -0.4 is 4.80 Å². The number of likely N-dealkylation sites (tertiary alicyclic amines) is 1. The van der Waals surface area contributed by atoms with Gasteiger partial charge in [0.2, 0.25) is 11.8 Å². The number of carbonyl (C=O) groups excluding carboxylic acids is 3. The Kier molecular flexibility index (Phi) is 2.94. The molecule has 4 atom stereocenters. The van der Waals surface area contributed by atoms with E-state index in [0.717, 1.165) is 11.3 Å². The summed E-state index contributed by atoms with van der Waals surface area (Å²) in [4.78, 5) is 42.7. The minimum absolute atomic E-state index is 0.165. The maximum absolute atomic E-state index is 12.5. The molecule has 1 aliphatic heterocycles. The van der Waals surface area contributed by atoms with Crippen LogP contribution in [0.1, 0.15) is 6.42 Å². The number of rotatable bonds is 2. The first-order chi connectivity index (χ1) is 10.6. The van der Waals surface area contributed by atoms with E-state index >= 15 is 0 Å². The van der Waals surface area contributed by atoms with Crippen LogP contribution in [0.2, 0.25) is 0 Å². The predicted molar refractivity (Wildman–Crippen MR) is 78.3 cm³/mol. The standard InChI is InChI=1S/C15H15N3O3S/c1-17-4-5-22-15(17)16-10(19)7-18-13(20)11-8-2-3-9(6-8)12(11)14(18)21/h2-5,8-9,11-12H,6-7H2,1H3/t8-,9-,11+,12+/m0/s1. The molecule has 2 fully saturated rings. The third kappa shape index (κ3) is 1.85. The van der Waals surface area contributed by atoms with E-state index < -0.39 is 5.91 Å². The second-order valence-corrected chi connectivity index (χ2v) is 6.94. The number of nitrogens with zero attached hydrogens (tertiary/aromatic N) is 3. The highest BCUT2D eigenvalue weighted by atomic mass is 32.1. The van der Waals surface area contributed by atoms with Crippen LogP contribution in [0.25, 0.3) is 0 Å². The highest BCUT2D eigenvalue weighted by Crippen LogP contribution is 2.52. The van der Waals surface area contributed by atoms with Crippen LogP contribution in [0.5, 0.6) is 0 Å². The summed E-state index contributed by atoms with van der Waals surface area (Å²) in [6.07, 6.45) is 6.78. The molecule has 1 aromatic heterocycles. The van der Waals surface area contributed by atoms with Gasteiger partial charge in [0.05, 0.1) is 11.8 Å². The number of amides is 3. The molecule has 0 N–H and O–H groups in total. The summed E-state index contributed by atoms with van der Waals surface area (Å²) in [5.41, 5.74) is 0. The number of thiazole rings is 1. The summed E-state index contributed by atoms with van der Waals surface area (Å²) >= 11 is 1.34. The SMILES string of the molecule is Cn1ccsc1=NC(=O)CN1C(=O)[C@H]2[C@H](C1=O)[C@H]1C=C[C@H]2C1. The van der Waals surface area contributed by atoms with Crippen molar-refractivity contribution < 1.29 is 14.4 Å². The zero-order valence-electron chi connectivity index (χ0n) is 12.0. The lowest BCUT2D eigenvalue weighted by molar-refractivity contribution is -0.143. The van der Waals surface area contributed by atoms with Crippen molar-refractivity contribution in [3.05, 3.63) is 28.5 Å². The number of imide groups is 1. The van der Waals surface area contributed by atoms with Crippen LogP contribution in [-0.2, 0) is 21.4 Å². The molecule has 4 rings (SSSR count). The molecule has 114 valence electrons. The van der Waals surface area contributed by atoms with Crippen LogP contribution in [0, 0.1) is 23.7 Å². The molecule has 7 heteroatoms. The lowest BCUT2D eigenvalue weighted by atomic mass is 9.85. The van der Waals surface area contributed by atoms with E-state index in [-0.39, 0.29) is 42.0 Å². The molecule has 0 unspecified atom stereocenters. The Bertz CT molecular complexity index is 745. The number of aryl methyl sites for hydroxylation is 1. The van der Waals surface area contributed by atoms with Crippen molar-refractivity contribution in [1.82, 2.24) is 9.47 Å². The van der Waals surface area contributed by atoms with Gasteiger partial charge in [-0.2, -0.15) is 4.99 Å². The molecule has 6 nitrogen and oxygen atoms in total. The summed E-state index contributed by atoms with van der Waals surface area (Å²) in [7, 11) is 1.79. The molecule has 2 aliphatic carbocycles. The molecule has 1 aromatic rings. The van der Waals surface area contributed by atoms with Gasteiger partial charge in [0, 0.05) is 18.6 Å². The Morgan fingerprint density at radius 3 is 2.45 bits per heavy atom. The molecular formula is C15H15N3O3S. The number of aromatic nitrogens is 1. The van der Waals surface area contributed by atoms with E-state index in [1.165, 1.54) is 11.3 Å². The highest BCUT2D eigenvalue weighted by Gasteiger charge is 2.59. The van der Waals surface area contributed by atoms with Gasteiger partial charge >= 0.3 is 0 Å². The van der Waals surface area contributed by atoms with Gasteiger partial charge in [0.15, 0.2) is 4.80 Å². The Labute approximate surface area is 130 Å². The predicted octanol–water partition coefficient (Wildman–Crippen LogP) is 0.321. The zero-order chi connectivity index (χ0) is 15.4. The van der Waals surface area contributed by atoms with Gasteiger partial charge in [-0.25, -0.2) is 0 Å². The zero-order valence-corrected chi connectivity index (χ0v) is 12.8. The quantitative estimate of drug-likeness (QED) is 0.582. The molecule has 0 aromatic carbocycles. The number of allylic oxidation sites excluding steroid dienone is 2. The fourth-order valence-corrected chi connectivity index (χ4v) is 4.58. The lowest BCUT2D eigenvalue weighted by Crippen LogP contribution is -2.37. The van der Waals surface area contributed by atoms with Gasteiger partial charge < -0.3 is 4.57 Å². The first-order valence-electron chi connectivity index (χ1n) is 7.27. The van der Waals surface area contributed by atoms with Crippen molar-refractivity contribution in [1.29, 1.82) is 0 Å². The van der Waals surface area contributed by atoms with Gasteiger partial charge in [0.25, 0.3) is 5.91 Å². The average molecular weight is 317 g/mol. The summed E-state index contributed by atoms with van der Waals surface area (Å²) in [5.74, 6) is -1.05. The van der Waals surface area contributed by atoms with E-state index in [2.05, 4.69) is 4.99 Å². The summed E-state index contributed by atoms with van der Waals surface area (Å²) in [6.45, 7) is -0.248. The molecule has 2 bridgehead atoms. The van der Waals surface area contributed by atoms with E-state index in [1.54, 1.807) is 17.8 Å². The molecule has 1 saturated heterocycles. The smallest absolute Gasteiger partial charge is 0.268 e. The lowest BCUT2D eigenvalue weighted by Gasteiger charge is -2.14. The summed E-state index contributed by atoms with van der Waals surface area (Å²) in [6, 6.07) is 0. The minimum atomic E-state index is -0.458. The fraction of sp³-hybridized carbons (Fsp3) is 0.467. The Morgan fingerprint density at radius 1 is 1.27 bits per heavy atom. The van der Waals surface area contributed by atoms with Gasteiger partial charge in [-0.1, -0.05) is 12.2 Å². The maximum Gasteiger partial charge on any atom is 0.268 e. The highest BCUT2D eigenvalue weighted by molar-refractivity contribution is 7.07. The van der Waals surface area contributed by atoms with E-state index in [9.17, 15) is 14.4 Å². The van der Waals surface area contributed by atoms with Crippen molar-refractivity contribution in [3.63, 3.8) is 0 Å². The molecule has 1 saturated carbocycles. The number of hydrogen-bond donors (Lipinski definition) is 0. The van der Waals surface area contributed by atoms with E-state index in [1.807, 2.05) is 17.5 Å². The molecular weight excluding hydrogens is 302 g/mol. The third-order valence-corrected chi connectivity index (χ3v) is 5.68. The van der Waals surface area contributed by atoms with Crippen molar-refractivity contribution >= 4 is 29.1 Å². The van der Waals surface area contributed by atoms with Crippen molar-refractivity contribution in [2.24, 2.45) is 35.7 Å². The average Bonchev–Trinajstić information content (AvgIpc) is 3.22. The van der Waals surface area contributed by atoms with Crippen molar-refractivity contribution in [3.8, 4) is 0 Å². The van der Waals surface area contributed by atoms with Crippen LogP contribution in [0.15, 0.2) is 28.7 Å². The first-order valence-corrected chi connectivity index (χ1v) is 8.15. The van der Waals surface area contributed by atoms with E-state index in [0.29, 0.717) is 4.80 Å². The van der Waals surface area contributed by atoms with Crippen LogP contribution >= 0.6 is 11.3 Å². The molecule has 22 heavy (non-hydrogen) atoms. The molecule has 0 spiro atoms. The monoisotopic (exact) mass is 317 g/mol. The Morgan fingerprint density at radius 2 is 1.91 bits per heavy atom. The van der Waals surface area contributed by atoms with Gasteiger partial charge in [-0.3, -0.25) is 19.3 Å². The fourth-order valence-electron chi connectivity index (χ4n) is 3.83. The van der Waals surface area contributed by atoms with Gasteiger partial charge in [-0.15, -0.1) is 11.3 Å². The Balaban J connectivity index is 1.55. The van der Waals surface area contributed by atoms with Crippen molar-refractivity contribution in [2.75, 3.05) is 6.54 Å². The number of fused-ring (bicyclic) bond motifs is 5. The van der Waals surface area contributed by atoms with Gasteiger partial charge in [0.1, 0.15) is 6.54 Å². The second kappa shape index (κ2) is 4.74. The second-order valence-electron chi connectivity index (χ2n) is 6.06. The van der Waals surface area contributed by atoms with Gasteiger partial charge in [-0.05, 0) is 18.3 Å². The largest absolute Gasteiger partial charge is 0.327 e.